The van der Waals surface area contributed by atoms with Gasteiger partial charge in [0.1, 0.15) is 11.9 Å². The molecule has 0 N–H and O–H groups in total. The molecule has 0 saturated heterocycles. The van der Waals surface area contributed by atoms with E-state index >= 15 is 0 Å². The Morgan fingerprint density at radius 1 is 0.340 bits per heavy atom. The van der Waals surface area contributed by atoms with Gasteiger partial charge < -0.3 is 19.8 Å². The van der Waals surface area contributed by atoms with Crippen molar-refractivity contribution < 1.29 is 66.6 Å². The minimum Gasteiger partial charge on any atom is -0.542 e. The molecule has 0 aliphatic heterocycles. The maximum absolute atomic E-state index is 10.5. The van der Waals surface area contributed by atoms with Gasteiger partial charge in [0.15, 0.2) is 0 Å². The van der Waals surface area contributed by atoms with Crippen LogP contribution in [0.15, 0.2) is 0 Å². The van der Waals surface area contributed by atoms with Gasteiger partial charge in [0.25, 0.3) is 0 Å². The number of carboxylic acid groups (broad SMARTS) is 2. The fourth-order valence-electron chi connectivity index (χ4n) is 10.1. The molecule has 0 unspecified atom stereocenters. The minimum atomic E-state index is -5.19. The van der Waals surface area contributed by atoms with Crippen LogP contribution in [0.25, 0.3) is 0 Å². The van der Waals surface area contributed by atoms with E-state index < -0.39 is 24.3 Å². The Labute approximate surface area is 332 Å². The molecule has 0 amide bonds. The topological polar surface area (TPSA) is 80.3 Å². The molecule has 13 heteroatoms. The molecule has 6 fully saturated rings. The number of halogens is 6. The number of carbonyl (C=O) groups is 2. The van der Waals surface area contributed by atoms with Crippen molar-refractivity contribution in [3.63, 3.8) is 0 Å². The van der Waals surface area contributed by atoms with E-state index in [1.54, 1.807) is 154 Å². The summed E-state index contributed by atoms with van der Waals surface area (Å²) >= 11 is 0. The second-order valence-electron chi connectivity index (χ2n) is 16.2. The zero-order valence-corrected chi connectivity index (χ0v) is 35.1. The van der Waals surface area contributed by atoms with Crippen LogP contribution >= 0.6 is 15.8 Å². The van der Waals surface area contributed by atoms with Gasteiger partial charge in [-0.25, -0.2) is 0 Å². The van der Waals surface area contributed by atoms with Crippen LogP contribution in [0, 0.1) is 0 Å². The van der Waals surface area contributed by atoms with Gasteiger partial charge in [-0.15, -0.1) is 0 Å². The van der Waals surface area contributed by atoms with E-state index in [9.17, 15) is 26.3 Å². The Kier molecular flexibility index (Phi) is 24.2. The zero-order valence-electron chi connectivity index (χ0n) is 31.8. The van der Waals surface area contributed by atoms with Gasteiger partial charge in [0.05, 0.1) is 0 Å². The first kappa shape index (κ1) is 49.2. The maximum atomic E-state index is 10.5. The number of carbonyl (C=O) groups excluding carboxylic acids is 2. The van der Waals surface area contributed by atoms with Gasteiger partial charge in [-0.2, -0.15) is 26.3 Å². The van der Waals surface area contributed by atoms with Crippen molar-refractivity contribution >= 4 is 27.8 Å². The van der Waals surface area contributed by atoms with Crippen molar-refractivity contribution in [3.8, 4) is 0 Å². The van der Waals surface area contributed by atoms with Crippen LogP contribution in [0.4, 0.5) is 26.3 Å². The third-order valence-electron chi connectivity index (χ3n) is 12.4. The average molecular weight is 893 g/mol. The van der Waals surface area contributed by atoms with Crippen LogP contribution in [-0.4, -0.2) is 58.2 Å². The molecule has 6 aliphatic carbocycles. The molecule has 0 aromatic rings. The fraction of sp³-hybridized carbons (Fsp3) is 0.950. The van der Waals surface area contributed by atoms with Crippen LogP contribution in [0.1, 0.15) is 193 Å². The standard InChI is InChI=1S/2C18H33P.2C2HF3O2.Pd/c2*1-4-10-16(11-5-1)19(17-12-6-2-7-13-17)18-14-8-3-9-15-18;2*3-2(4,5)1(6)7;/h2*16-18H,1-15H2;2*(H,6,7);/q;;;;+2/p-2. The number of alkyl halides is 6. The summed E-state index contributed by atoms with van der Waals surface area (Å²) in [6.07, 6.45) is 36.9. The SMILES string of the molecule is C1CCC(P(C2CCCCC2)C2CCCCC2)CC1.C1CCC(P(C2CCCCC2)C2CCCCC2)CC1.O=C([O-])C(F)(F)F.O=C([O-])C(F)(F)F.[Pd+2]. The van der Waals surface area contributed by atoms with Crippen LogP contribution in [0.2, 0.25) is 0 Å². The molecule has 312 valence electrons. The van der Waals surface area contributed by atoms with Crippen LogP contribution < -0.4 is 10.2 Å². The van der Waals surface area contributed by atoms with E-state index in [1.165, 1.54) is 72.5 Å². The van der Waals surface area contributed by atoms with Gasteiger partial charge in [0.2, 0.25) is 0 Å². The monoisotopic (exact) mass is 892 g/mol. The fourth-order valence-corrected chi connectivity index (χ4v) is 19.4. The Morgan fingerprint density at radius 2 is 0.453 bits per heavy atom. The van der Waals surface area contributed by atoms with Crippen LogP contribution in [0.3, 0.4) is 0 Å². The van der Waals surface area contributed by atoms with Gasteiger partial charge in [-0.1, -0.05) is 131 Å². The van der Waals surface area contributed by atoms with Crippen molar-refractivity contribution in [3.05, 3.63) is 0 Å². The van der Waals surface area contributed by atoms with E-state index in [0.29, 0.717) is 15.8 Å². The predicted molar refractivity (Wildman–Crippen MR) is 197 cm³/mol. The minimum absolute atomic E-state index is 0. The third kappa shape index (κ3) is 18.5. The Hall–Kier alpha value is 0.0423. The summed E-state index contributed by atoms with van der Waals surface area (Å²) in [6.45, 7) is 0. The van der Waals surface area contributed by atoms with Crippen molar-refractivity contribution in [1.82, 2.24) is 0 Å². The van der Waals surface area contributed by atoms with E-state index in [-0.39, 0.29) is 20.4 Å². The van der Waals surface area contributed by atoms with E-state index in [2.05, 4.69) is 0 Å². The number of rotatable bonds is 6. The van der Waals surface area contributed by atoms with E-state index in [4.69, 9.17) is 19.8 Å². The molecule has 0 aromatic heterocycles. The largest absolute Gasteiger partial charge is 2.00 e. The number of hydrogen-bond donors (Lipinski definition) is 0. The van der Waals surface area contributed by atoms with Gasteiger partial charge >= 0.3 is 32.8 Å². The molecule has 0 spiro atoms. The quantitative estimate of drug-likeness (QED) is 0.151. The van der Waals surface area contributed by atoms with Crippen molar-refractivity contribution in [2.75, 3.05) is 0 Å². The Bertz CT molecular complexity index is 819. The molecule has 0 radical (unpaired) electrons. The third-order valence-corrected chi connectivity index (χ3v) is 20.6. The van der Waals surface area contributed by atoms with E-state index in [0.717, 1.165) is 0 Å². The summed E-state index contributed by atoms with van der Waals surface area (Å²) in [5.41, 5.74) is 7.14. The Morgan fingerprint density at radius 3 is 0.547 bits per heavy atom. The summed E-state index contributed by atoms with van der Waals surface area (Å²) in [4.78, 5) is 17.6. The van der Waals surface area contributed by atoms with Crippen molar-refractivity contribution in [2.24, 2.45) is 0 Å². The first-order valence-corrected chi connectivity index (χ1v) is 24.0. The molecular weight excluding hydrogens is 827 g/mol. The molecular formula is C40H66F6O4P2Pd. The molecule has 4 nitrogen and oxygen atoms in total. The summed E-state index contributed by atoms with van der Waals surface area (Å²) in [7, 11) is 0.770. The van der Waals surface area contributed by atoms with Gasteiger partial charge in [-0.3, -0.25) is 0 Å². The first-order valence-electron chi connectivity index (χ1n) is 20.9. The molecule has 6 rings (SSSR count). The first-order chi connectivity index (χ1) is 24.8. The Balaban J connectivity index is 0.000000269. The van der Waals surface area contributed by atoms with Gasteiger partial charge in [0, 0.05) is 0 Å². The smallest absolute Gasteiger partial charge is 0.542 e. The number of carboxylic acids is 2. The normalized spacial score (nSPS) is 23.7. The van der Waals surface area contributed by atoms with E-state index in [1.807, 2.05) is 0 Å². The average Bonchev–Trinajstić information content (AvgIpc) is 3.15. The zero-order chi connectivity index (χ0) is 38.0. The molecule has 0 atom stereocenters. The van der Waals surface area contributed by atoms with Crippen molar-refractivity contribution in [2.45, 2.75) is 239 Å². The second-order valence-corrected chi connectivity index (χ2v) is 22.4. The molecule has 0 heterocycles. The molecule has 6 aliphatic rings. The summed E-state index contributed by atoms with van der Waals surface area (Å²) in [5, 5.41) is 17.6. The summed E-state index contributed by atoms with van der Waals surface area (Å²) < 4.78 is 63.1. The summed E-state index contributed by atoms with van der Waals surface area (Å²) in [5.74, 6) is -6.01. The van der Waals surface area contributed by atoms with Crippen molar-refractivity contribution in [1.29, 1.82) is 0 Å². The number of aliphatic carboxylic acids is 2. The summed E-state index contributed by atoms with van der Waals surface area (Å²) in [6, 6.07) is 0. The molecule has 6 saturated carbocycles. The number of hydrogen-bond acceptors (Lipinski definition) is 4. The predicted octanol–water partition coefficient (Wildman–Crippen LogP) is 11.5. The maximum Gasteiger partial charge on any atom is 2.00 e. The second kappa shape index (κ2) is 26.1. The van der Waals surface area contributed by atoms with Crippen LogP contribution in [0.5, 0.6) is 0 Å². The molecule has 53 heavy (non-hydrogen) atoms. The van der Waals surface area contributed by atoms with Gasteiger partial charge in [-0.05, 0) is 111 Å². The van der Waals surface area contributed by atoms with Crippen LogP contribution in [-0.2, 0) is 30.0 Å². The molecule has 0 bridgehead atoms. The molecule has 0 aromatic carbocycles.